The van der Waals surface area contributed by atoms with E-state index in [2.05, 4.69) is 12.2 Å². The van der Waals surface area contributed by atoms with Crippen LogP contribution in [0.4, 0.5) is 5.69 Å². The van der Waals surface area contributed by atoms with Gasteiger partial charge in [-0.1, -0.05) is 50.3 Å². The quantitative estimate of drug-likeness (QED) is 0.610. The van der Waals surface area contributed by atoms with Gasteiger partial charge in [0.2, 0.25) is 0 Å². The molecular weight excluding hydrogens is 298 g/mol. The van der Waals surface area contributed by atoms with E-state index in [1.807, 2.05) is 43.3 Å². The van der Waals surface area contributed by atoms with Crippen molar-refractivity contribution in [1.82, 2.24) is 0 Å². The van der Waals surface area contributed by atoms with Crippen LogP contribution in [-0.2, 0) is 0 Å². The molecule has 1 N–H and O–H groups in total. The SMILES string of the molecule is CCCCCCCOc1ccc(C(=O)Nc2ccc(C)cc2)cc1. The number of nitrogens with one attached hydrogen (secondary N) is 1. The first-order valence-corrected chi connectivity index (χ1v) is 8.80. The molecule has 2 aromatic carbocycles. The maximum atomic E-state index is 12.2. The summed E-state index contributed by atoms with van der Waals surface area (Å²) in [6.07, 6.45) is 6.12. The van der Waals surface area contributed by atoms with Crippen LogP contribution in [0.1, 0.15) is 54.9 Å². The highest BCUT2D eigenvalue weighted by atomic mass is 16.5. The van der Waals surface area contributed by atoms with Crippen molar-refractivity contribution >= 4 is 11.6 Å². The van der Waals surface area contributed by atoms with E-state index in [4.69, 9.17) is 4.74 Å². The van der Waals surface area contributed by atoms with E-state index in [0.29, 0.717) is 5.56 Å². The molecular formula is C21H27NO2. The maximum absolute atomic E-state index is 12.2. The molecule has 0 atom stereocenters. The normalized spacial score (nSPS) is 10.4. The molecule has 1 amide bonds. The Morgan fingerprint density at radius 1 is 0.917 bits per heavy atom. The number of unbranched alkanes of at least 4 members (excludes halogenated alkanes) is 4. The van der Waals surface area contributed by atoms with Crippen molar-refractivity contribution in [3.05, 3.63) is 59.7 Å². The molecule has 0 fully saturated rings. The van der Waals surface area contributed by atoms with Gasteiger partial charge in [0.15, 0.2) is 0 Å². The van der Waals surface area contributed by atoms with Gasteiger partial charge in [-0.3, -0.25) is 4.79 Å². The number of aryl methyl sites for hydroxylation is 1. The van der Waals surface area contributed by atoms with Gasteiger partial charge in [0.05, 0.1) is 6.61 Å². The summed E-state index contributed by atoms with van der Waals surface area (Å²) in [6, 6.07) is 15.1. The topological polar surface area (TPSA) is 38.3 Å². The van der Waals surface area contributed by atoms with Crippen molar-refractivity contribution in [2.75, 3.05) is 11.9 Å². The van der Waals surface area contributed by atoms with Crippen molar-refractivity contribution in [1.29, 1.82) is 0 Å². The summed E-state index contributed by atoms with van der Waals surface area (Å²) < 4.78 is 5.72. The molecule has 0 radical (unpaired) electrons. The zero-order valence-corrected chi connectivity index (χ0v) is 14.7. The first kappa shape index (κ1) is 18.1. The van der Waals surface area contributed by atoms with Crippen LogP contribution in [0.3, 0.4) is 0 Å². The van der Waals surface area contributed by atoms with E-state index in [1.165, 1.54) is 31.2 Å². The third kappa shape index (κ3) is 6.07. The Hall–Kier alpha value is -2.29. The lowest BCUT2D eigenvalue weighted by Gasteiger charge is -2.08. The second-order valence-electron chi connectivity index (χ2n) is 6.11. The van der Waals surface area contributed by atoms with Crippen LogP contribution in [0.5, 0.6) is 5.75 Å². The number of benzene rings is 2. The fraction of sp³-hybridized carbons (Fsp3) is 0.381. The molecule has 2 rings (SSSR count). The van der Waals surface area contributed by atoms with Crippen LogP contribution in [-0.4, -0.2) is 12.5 Å². The Morgan fingerprint density at radius 3 is 2.25 bits per heavy atom. The monoisotopic (exact) mass is 325 g/mol. The van der Waals surface area contributed by atoms with Gasteiger partial charge in [-0.05, 0) is 49.7 Å². The molecule has 0 aliphatic rings. The molecule has 0 spiro atoms. The van der Waals surface area contributed by atoms with Crippen molar-refractivity contribution in [2.24, 2.45) is 0 Å². The Kier molecular flexibility index (Phi) is 7.34. The van der Waals surface area contributed by atoms with Crippen molar-refractivity contribution in [3.63, 3.8) is 0 Å². The molecule has 0 aromatic heterocycles. The van der Waals surface area contributed by atoms with Crippen molar-refractivity contribution in [2.45, 2.75) is 46.0 Å². The van der Waals surface area contributed by atoms with Crippen LogP contribution in [0.2, 0.25) is 0 Å². The zero-order chi connectivity index (χ0) is 17.2. The molecule has 0 unspecified atom stereocenters. The van der Waals surface area contributed by atoms with E-state index < -0.39 is 0 Å². The number of carbonyl (C=O) groups excluding carboxylic acids is 1. The van der Waals surface area contributed by atoms with Gasteiger partial charge in [-0.2, -0.15) is 0 Å². The summed E-state index contributed by atoms with van der Waals surface area (Å²) >= 11 is 0. The average Bonchev–Trinajstić information content (AvgIpc) is 2.60. The zero-order valence-electron chi connectivity index (χ0n) is 14.7. The number of carbonyl (C=O) groups is 1. The minimum Gasteiger partial charge on any atom is -0.494 e. The van der Waals surface area contributed by atoms with Crippen LogP contribution in [0.15, 0.2) is 48.5 Å². The van der Waals surface area contributed by atoms with Gasteiger partial charge in [0.1, 0.15) is 5.75 Å². The third-order valence-corrected chi connectivity index (χ3v) is 3.94. The molecule has 0 bridgehead atoms. The van der Waals surface area contributed by atoms with Gasteiger partial charge < -0.3 is 10.1 Å². The van der Waals surface area contributed by atoms with Gasteiger partial charge in [0.25, 0.3) is 5.91 Å². The van der Waals surface area contributed by atoms with Crippen LogP contribution >= 0.6 is 0 Å². The number of rotatable bonds is 9. The number of ether oxygens (including phenoxy) is 1. The fourth-order valence-electron chi connectivity index (χ4n) is 2.44. The largest absolute Gasteiger partial charge is 0.494 e. The summed E-state index contributed by atoms with van der Waals surface area (Å²) in [6.45, 7) is 4.97. The summed E-state index contributed by atoms with van der Waals surface area (Å²) in [7, 11) is 0. The lowest BCUT2D eigenvalue weighted by atomic mass is 10.1. The second-order valence-corrected chi connectivity index (χ2v) is 6.11. The first-order chi connectivity index (χ1) is 11.7. The molecule has 0 aliphatic heterocycles. The van der Waals surface area contributed by atoms with Gasteiger partial charge in [-0.25, -0.2) is 0 Å². The van der Waals surface area contributed by atoms with E-state index >= 15 is 0 Å². The number of hydrogen-bond donors (Lipinski definition) is 1. The molecule has 0 heterocycles. The molecule has 24 heavy (non-hydrogen) atoms. The van der Waals surface area contributed by atoms with Gasteiger partial charge >= 0.3 is 0 Å². The minimum absolute atomic E-state index is 0.107. The highest BCUT2D eigenvalue weighted by Gasteiger charge is 2.06. The maximum Gasteiger partial charge on any atom is 0.255 e. The predicted molar refractivity (Wildman–Crippen MR) is 99.8 cm³/mol. The van der Waals surface area contributed by atoms with Crippen molar-refractivity contribution in [3.8, 4) is 5.75 Å². The van der Waals surface area contributed by atoms with E-state index in [-0.39, 0.29) is 5.91 Å². The van der Waals surface area contributed by atoms with Gasteiger partial charge in [-0.15, -0.1) is 0 Å². The fourth-order valence-corrected chi connectivity index (χ4v) is 2.44. The minimum atomic E-state index is -0.107. The highest BCUT2D eigenvalue weighted by molar-refractivity contribution is 6.04. The average molecular weight is 325 g/mol. The molecule has 2 aromatic rings. The Balaban J connectivity index is 1.78. The lowest BCUT2D eigenvalue weighted by molar-refractivity contribution is 0.102. The molecule has 3 nitrogen and oxygen atoms in total. The predicted octanol–water partition coefficient (Wildman–Crippen LogP) is 5.60. The summed E-state index contributed by atoms with van der Waals surface area (Å²) in [4.78, 5) is 12.2. The number of hydrogen-bond acceptors (Lipinski definition) is 2. The number of amides is 1. The summed E-state index contributed by atoms with van der Waals surface area (Å²) in [5.41, 5.74) is 2.60. The van der Waals surface area contributed by atoms with E-state index in [0.717, 1.165) is 24.5 Å². The van der Waals surface area contributed by atoms with Gasteiger partial charge in [0, 0.05) is 11.3 Å². The summed E-state index contributed by atoms with van der Waals surface area (Å²) in [5.74, 6) is 0.711. The third-order valence-electron chi connectivity index (χ3n) is 3.94. The smallest absolute Gasteiger partial charge is 0.255 e. The Morgan fingerprint density at radius 2 is 1.58 bits per heavy atom. The van der Waals surface area contributed by atoms with E-state index in [9.17, 15) is 4.79 Å². The first-order valence-electron chi connectivity index (χ1n) is 8.80. The highest BCUT2D eigenvalue weighted by Crippen LogP contribution is 2.15. The molecule has 0 aliphatic carbocycles. The molecule has 0 saturated carbocycles. The standard InChI is InChI=1S/C21H27NO2/c1-3-4-5-6-7-16-24-20-14-10-18(11-15-20)21(23)22-19-12-8-17(2)9-13-19/h8-15H,3-7,16H2,1-2H3,(H,22,23). The molecule has 128 valence electrons. The summed E-state index contributed by atoms with van der Waals surface area (Å²) in [5, 5.41) is 2.90. The second kappa shape index (κ2) is 9.76. The van der Waals surface area contributed by atoms with Crippen LogP contribution in [0, 0.1) is 6.92 Å². The Bertz CT molecular complexity index is 617. The Labute approximate surface area is 145 Å². The van der Waals surface area contributed by atoms with Crippen LogP contribution < -0.4 is 10.1 Å². The lowest BCUT2D eigenvalue weighted by Crippen LogP contribution is -2.11. The molecule has 3 heteroatoms. The molecule has 0 saturated heterocycles. The van der Waals surface area contributed by atoms with Crippen molar-refractivity contribution < 1.29 is 9.53 Å². The van der Waals surface area contributed by atoms with Crippen LogP contribution in [0.25, 0.3) is 0 Å². The van der Waals surface area contributed by atoms with E-state index in [1.54, 1.807) is 12.1 Å². The number of anilines is 1.